The number of hydrogen-bond acceptors (Lipinski definition) is 6. The van der Waals surface area contributed by atoms with Crippen molar-refractivity contribution in [2.75, 3.05) is 5.43 Å². The fraction of sp³-hybridized carbons (Fsp3) is 0. The molecule has 19 heavy (non-hydrogen) atoms. The fourth-order valence-electron chi connectivity index (χ4n) is 1.55. The molecule has 0 aliphatic rings. The molecule has 0 unspecified atom stereocenters. The summed E-state index contributed by atoms with van der Waals surface area (Å²) < 4.78 is 0. The molecule has 3 aromatic rings. The number of H-pyrrole nitrogens is 1. The van der Waals surface area contributed by atoms with Crippen molar-refractivity contribution >= 4 is 22.9 Å². The standard InChI is InChI=1S/C11H9N7O/c19-11(7-1-3-12-4-2-7)18-17-10-8-9(14-5-13-8)15-6-16-10/h1-6H,(H,18,19)(H2,13,14,15,16,17). The highest BCUT2D eigenvalue weighted by Crippen LogP contribution is 2.13. The first kappa shape index (κ1) is 11.1. The van der Waals surface area contributed by atoms with Crippen LogP contribution in [0.3, 0.4) is 0 Å². The van der Waals surface area contributed by atoms with Crippen LogP contribution in [0.1, 0.15) is 10.4 Å². The Labute approximate surface area is 107 Å². The van der Waals surface area contributed by atoms with E-state index in [1.54, 1.807) is 24.5 Å². The maximum atomic E-state index is 11.8. The number of aromatic nitrogens is 5. The molecule has 8 nitrogen and oxygen atoms in total. The first-order valence-electron chi connectivity index (χ1n) is 5.45. The molecule has 0 aromatic carbocycles. The minimum atomic E-state index is -0.284. The third-order valence-electron chi connectivity index (χ3n) is 2.46. The zero-order valence-corrected chi connectivity index (χ0v) is 9.66. The molecule has 3 heterocycles. The summed E-state index contributed by atoms with van der Waals surface area (Å²) in [4.78, 5) is 30.6. The summed E-state index contributed by atoms with van der Waals surface area (Å²) in [5, 5.41) is 0. The maximum absolute atomic E-state index is 11.8. The number of nitrogens with one attached hydrogen (secondary N) is 3. The molecule has 3 N–H and O–H groups in total. The smallest absolute Gasteiger partial charge is 0.269 e. The minimum Gasteiger partial charge on any atom is -0.340 e. The molecular formula is C11H9N7O. The van der Waals surface area contributed by atoms with Gasteiger partial charge >= 0.3 is 0 Å². The summed E-state index contributed by atoms with van der Waals surface area (Å²) in [6, 6.07) is 3.23. The summed E-state index contributed by atoms with van der Waals surface area (Å²) in [6.07, 6.45) is 5.97. The lowest BCUT2D eigenvalue weighted by Gasteiger charge is -2.07. The van der Waals surface area contributed by atoms with Crippen LogP contribution in [0.25, 0.3) is 11.2 Å². The van der Waals surface area contributed by atoms with Crippen molar-refractivity contribution in [3.05, 3.63) is 42.7 Å². The zero-order chi connectivity index (χ0) is 13.1. The predicted octanol–water partition coefficient (Wildman–Crippen LogP) is 0.505. The van der Waals surface area contributed by atoms with Gasteiger partial charge in [0.25, 0.3) is 5.91 Å². The summed E-state index contributed by atoms with van der Waals surface area (Å²) in [6.45, 7) is 0. The van der Waals surface area contributed by atoms with Crippen LogP contribution in [0.5, 0.6) is 0 Å². The average molecular weight is 255 g/mol. The van der Waals surface area contributed by atoms with Crippen LogP contribution in [-0.4, -0.2) is 30.8 Å². The number of nitrogens with zero attached hydrogens (tertiary/aromatic N) is 4. The van der Waals surface area contributed by atoms with E-state index in [2.05, 4.69) is 35.8 Å². The molecule has 1 amide bonds. The third kappa shape index (κ3) is 2.18. The highest BCUT2D eigenvalue weighted by atomic mass is 16.2. The van der Waals surface area contributed by atoms with Gasteiger partial charge in [-0.05, 0) is 12.1 Å². The normalized spacial score (nSPS) is 10.3. The third-order valence-corrected chi connectivity index (χ3v) is 2.46. The number of fused-ring (bicyclic) bond motifs is 1. The zero-order valence-electron chi connectivity index (χ0n) is 9.66. The van der Waals surface area contributed by atoms with Crippen LogP contribution >= 0.6 is 0 Å². The number of amides is 1. The Bertz CT molecular complexity index is 709. The van der Waals surface area contributed by atoms with E-state index in [4.69, 9.17) is 0 Å². The average Bonchev–Trinajstić information content (AvgIpc) is 2.94. The number of hydrazine groups is 1. The number of carbonyl (C=O) groups excluding carboxylic acids is 1. The summed E-state index contributed by atoms with van der Waals surface area (Å²) >= 11 is 0. The number of pyridine rings is 1. The molecule has 94 valence electrons. The van der Waals surface area contributed by atoms with Gasteiger partial charge in [-0.2, -0.15) is 0 Å². The molecular weight excluding hydrogens is 246 g/mol. The van der Waals surface area contributed by atoms with Gasteiger partial charge in [-0.3, -0.25) is 20.6 Å². The Hall–Kier alpha value is -3.03. The van der Waals surface area contributed by atoms with Gasteiger partial charge in [0.1, 0.15) is 11.8 Å². The van der Waals surface area contributed by atoms with Crippen LogP contribution in [0.15, 0.2) is 37.2 Å². The van der Waals surface area contributed by atoms with Gasteiger partial charge in [-0.25, -0.2) is 15.0 Å². The molecule has 0 bridgehead atoms. The Balaban J connectivity index is 1.76. The highest BCUT2D eigenvalue weighted by molar-refractivity contribution is 5.95. The van der Waals surface area contributed by atoms with Crippen molar-refractivity contribution in [3.8, 4) is 0 Å². The predicted molar refractivity (Wildman–Crippen MR) is 67.0 cm³/mol. The van der Waals surface area contributed by atoms with Gasteiger partial charge in [-0.15, -0.1) is 0 Å². The van der Waals surface area contributed by atoms with Gasteiger partial charge in [-0.1, -0.05) is 0 Å². The van der Waals surface area contributed by atoms with E-state index in [-0.39, 0.29) is 5.91 Å². The van der Waals surface area contributed by atoms with Gasteiger partial charge < -0.3 is 4.98 Å². The van der Waals surface area contributed by atoms with Crippen LogP contribution in [0.4, 0.5) is 5.82 Å². The van der Waals surface area contributed by atoms with Crippen molar-refractivity contribution in [2.45, 2.75) is 0 Å². The van der Waals surface area contributed by atoms with Crippen molar-refractivity contribution in [1.82, 2.24) is 30.3 Å². The van der Waals surface area contributed by atoms with Crippen molar-refractivity contribution in [2.24, 2.45) is 0 Å². The van der Waals surface area contributed by atoms with E-state index < -0.39 is 0 Å². The summed E-state index contributed by atoms with van der Waals surface area (Å²) in [5.41, 5.74) is 6.92. The molecule has 0 aliphatic carbocycles. The van der Waals surface area contributed by atoms with Crippen LogP contribution in [0, 0.1) is 0 Å². The number of carbonyl (C=O) groups is 1. The summed E-state index contributed by atoms with van der Waals surface area (Å²) in [7, 11) is 0. The fourth-order valence-corrected chi connectivity index (χ4v) is 1.55. The molecule has 0 spiro atoms. The molecule has 0 fully saturated rings. The van der Waals surface area contributed by atoms with Crippen LogP contribution in [-0.2, 0) is 0 Å². The highest BCUT2D eigenvalue weighted by Gasteiger charge is 2.08. The quantitative estimate of drug-likeness (QED) is 0.588. The topological polar surface area (TPSA) is 108 Å². The minimum absolute atomic E-state index is 0.284. The first-order chi connectivity index (χ1) is 9.34. The Morgan fingerprint density at radius 3 is 2.84 bits per heavy atom. The molecule has 3 aromatic heterocycles. The first-order valence-corrected chi connectivity index (χ1v) is 5.45. The van der Waals surface area contributed by atoms with Gasteiger partial charge in [0.05, 0.1) is 6.33 Å². The molecule has 0 saturated heterocycles. The lowest BCUT2D eigenvalue weighted by molar-refractivity contribution is 0.0962. The number of anilines is 1. The molecule has 3 rings (SSSR count). The molecule has 0 atom stereocenters. The van der Waals surface area contributed by atoms with E-state index in [1.807, 2.05) is 0 Å². The van der Waals surface area contributed by atoms with Crippen molar-refractivity contribution in [3.63, 3.8) is 0 Å². The van der Waals surface area contributed by atoms with Gasteiger partial charge in [0.15, 0.2) is 11.5 Å². The van der Waals surface area contributed by atoms with Crippen LogP contribution in [0.2, 0.25) is 0 Å². The molecule has 0 saturated carbocycles. The number of aromatic amines is 1. The van der Waals surface area contributed by atoms with E-state index in [0.717, 1.165) is 0 Å². The second-order valence-corrected chi connectivity index (χ2v) is 3.64. The lowest BCUT2D eigenvalue weighted by atomic mass is 10.3. The van der Waals surface area contributed by atoms with Gasteiger partial charge in [0.2, 0.25) is 0 Å². The molecule has 8 heteroatoms. The lowest BCUT2D eigenvalue weighted by Crippen LogP contribution is -2.29. The largest absolute Gasteiger partial charge is 0.340 e. The number of rotatable bonds is 3. The Kier molecular flexibility index (Phi) is 2.73. The van der Waals surface area contributed by atoms with Gasteiger partial charge in [0, 0.05) is 18.0 Å². The Morgan fingerprint density at radius 2 is 2.00 bits per heavy atom. The number of imidazole rings is 1. The summed E-state index contributed by atoms with van der Waals surface area (Å²) in [5.74, 6) is 0.165. The second-order valence-electron chi connectivity index (χ2n) is 3.64. The maximum Gasteiger partial charge on any atom is 0.269 e. The van der Waals surface area contributed by atoms with E-state index in [0.29, 0.717) is 22.5 Å². The van der Waals surface area contributed by atoms with E-state index in [1.165, 1.54) is 12.7 Å². The van der Waals surface area contributed by atoms with Crippen molar-refractivity contribution in [1.29, 1.82) is 0 Å². The van der Waals surface area contributed by atoms with Crippen molar-refractivity contribution < 1.29 is 4.79 Å². The SMILES string of the molecule is O=C(NNc1ncnc2nc[nH]c12)c1ccncc1. The van der Waals surface area contributed by atoms with E-state index in [9.17, 15) is 4.79 Å². The monoisotopic (exact) mass is 255 g/mol. The second kappa shape index (κ2) is 4.69. The Morgan fingerprint density at radius 1 is 1.16 bits per heavy atom. The molecule has 0 aliphatic heterocycles. The molecule has 0 radical (unpaired) electrons. The van der Waals surface area contributed by atoms with E-state index >= 15 is 0 Å². The van der Waals surface area contributed by atoms with Crippen LogP contribution < -0.4 is 10.9 Å². The number of hydrogen-bond donors (Lipinski definition) is 3.